The number of furan rings is 1. The molecule has 3 aromatic rings. The highest BCUT2D eigenvalue weighted by Crippen LogP contribution is 2.30. The van der Waals surface area contributed by atoms with E-state index in [4.69, 9.17) is 9.15 Å². The first-order valence-electron chi connectivity index (χ1n) is 7.27. The number of methoxy groups -OCH3 is 1. The number of pyridine rings is 1. The number of ether oxygens (including phenoxy) is 1. The van der Waals surface area contributed by atoms with Gasteiger partial charge in [0.05, 0.1) is 18.2 Å². The van der Waals surface area contributed by atoms with E-state index >= 15 is 0 Å². The molecule has 0 amide bonds. The van der Waals surface area contributed by atoms with E-state index in [1.165, 1.54) is 30.9 Å². The van der Waals surface area contributed by atoms with Crippen LogP contribution >= 0.6 is 22.6 Å². The summed E-state index contributed by atoms with van der Waals surface area (Å²) in [5.41, 5.74) is -0.0948. The molecule has 2 heterocycles. The molecule has 0 aliphatic rings. The molecular formula is C17H14FIN2O4. The minimum absolute atomic E-state index is 0.0330. The number of carbonyl (C=O) groups is 1. The average Bonchev–Trinajstić information content (AvgIpc) is 2.95. The van der Waals surface area contributed by atoms with Gasteiger partial charge in [-0.3, -0.25) is 9.36 Å². The highest BCUT2D eigenvalue weighted by Gasteiger charge is 2.25. The molecule has 25 heavy (non-hydrogen) atoms. The Morgan fingerprint density at radius 2 is 2.08 bits per heavy atom. The van der Waals surface area contributed by atoms with Crippen molar-refractivity contribution in [3.8, 4) is 0 Å². The van der Waals surface area contributed by atoms with E-state index in [1.807, 2.05) is 22.6 Å². The molecule has 0 aliphatic carbocycles. The number of hydrogen-bond acceptors (Lipinski definition) is 5. The van der Waals surface area contributed by atoms with Gasteiger partial charge in [-0.2, -0.15) is 0 Å². The van der Waals surface area contributed by atoms with E-state index in [0.717, 1.165) is 3.57 Å². The molecule has 130 valence electrons. The van der Waals surface area contributed by atoms with Gasteiger partial charge in [-0.1, -0.05) is 0 Å². The number of esters is 1. The van der Waals surface area contributed by atoms with Crippen LogP contribution in [0.4, 0.5) is 15.9 Å². The van der Waals surface area contributed by atoms with Crippen LogP contribution in [0.1, 0.15) is 16.1 Å². The quantitative estimate of drug-likeness (QED) is 0.481. The van der Waals surface area contributed by atoms with Gasteiger partial charge in [0.25, 0.3) is 5.56 Å². The SMILES string of the molecule is COC(=O)c1c(Nc2ccc(I)cc2F)n(C)c(=O)c2cc(C)oc12. The van der Waals surface area contributed by atoms with Gasteiger partial charge in [-0.05, 0) is 53.8 Å². The second-order valence-corrected chi connectivity index (χ2v) is 6.67. The third kappa shape index (κ3) is 3.01. The van der Waals surface area contributed by atoms with E-state index in [0.29, 0.717) is 5.76 Å². The van der Waals surface area contributed by atoms with Crippen molar-refractivity contribution in [3.63, 3.8) is 0 Å². The first kappa shape index (κ1) is 17.5. The molecule has 3 rings (SSSR count). The van der Waals surface area contributed by atoms with Gasteiger partial charge in [0, 0.05) is 10.6 Å². The van der Waals surface area contributed by atoms with Crippen LogP contribution in [0, 0.1) is 16.3 Å². The van der Waals surface area contributed by atoms with E-state index in [1.54, 1.807) is 19.1 Å². The second-order valence-electron chi connectivity index (χ2n) is 5.43. The molecule has 0 atom stereocenters. The molecule has 0 fully saturated rings. The zero-order valence-electron chi connectivity index (χ0n) is 13.6. The van der Waals surface area contributed by atoms with Crippen LogP contribution in [-0.4, -0.2) is 17.6 Å². The highest BCUT2D eigenvalue weighted by molar-refractivity contribution is 14.1. The van der Waals surface area contributed by atoms with Crippen LogP contribution < -0.4 is 10.9 Å². The first-order valence-corrected chi connectivity index (χ1v) is 8.35. The van der Waals surface area contributed by atoms with Crippen molar-refractivity contribution in [2.75, 3.05) is 12.4 Å². The van der Waals surface area contributed by atoms with Crippen LogP contribution in [0.5, 0.6) is 0 Å². The van der Waals surface area contributed by atoms with E-state index in [-0.39, 0.29) is 33.6 Å². The predicted molar refractivity (Wildman–Crippen MR) is 99.9 cm³/mol. The lowest BCUT2D eigenvalue weighted by molar-refractivity contribution is 0.0602. The monoisotopic (exact) mass is 456 g/mol. The van der Waals surface area contributed by atoms with Crippen molar-refractivity contribution >= 4 is 51.0 Å². The summed E-state index contributed by atoms with van der Waals surface area (Å²) < 4.78 is 26.5. The maximum Gasteiger partial charge on any atom is 0.345 e. The smallest absolute Gasteiger partial charge is 0.345 e. The van der Waals surface area contributed by atoms with Gasteiger partial charge in [0.15, 0.2) is 5.58 Å². The third-order valence-corrected chi connectivity index (χ3v) is 4.43. The number of rotatable bonds is 3. The molecule has 6 nitrogen and oxygen atoms in total. The van der Waals surface area contributed by atoms with Crippen LogP contribution in [0.15, 0.2) is 33.5 Å². The van der Waals surface area contributed by atoms with Gasteiger partial charge < -0.3 is 14.5 Å². The van der Waals surface area contributed by atoms with Crippen molar-refractivity contribution in [3.05, 3.63) is 55.3 Å². The Morgan fingerprint density at radius 3 is 2.72 bits per heavy atom. The molecule has 0 saturated carbocycles. The highest BCUT2D eigenvalue weighted by atomic mass is 127. The Bertz CT molecular complexity index is 1050. The summed E-state index contributed by atoms with van der Waals surface area (Å²) in [5, 5.41) is 3.08. The lowest BCUT2D eigenvalue weighted by atomic mass is 10.1. The summed E-state index contributed by atoms with van der Waals surface area (Å²) in [6.07, 6.45) is 0. The molecule has 0 bridgehead atoms. The Morgan fingerprint density at radius 1 is 1.36 bits per heavy atom. The van der Waals surface area contributed by atoms with Crippen molar-refractivity contribution in [2.45, 2.75) is 6.92 Å². The fourth-order valence-corrected chi connectivity index (χ4v) is 3.03. The van der Waals surface area contributed by atoms with Crippen molar-refractivity contribution in [2.24, 2.45) is 7.05 Å². The van der Waals surface area contributed by atoms with Crippen LogP contribution in [0.3, 0.4) is 0 Å². The van der Waals surface area contributed by atoms with E-state index in [2.05, 4.69) is 5.32 Å². The molecule has 2 aromatic heterocycles. The number of nitrogens with one attached hydrogen (secondary N) is 1. The lowest BCUT2D eigenvalue weighted by Gasteiger charge is -2.15. The Balaban J connectivity index is 2.31. The molecule has 0 aliphatic heterocycles. The summed E-state index contributed by atoms with van der Waals surface area (Å²) >= 11 is 1.99. The number of fused-ring (bicyclic) bond motifs is 1. The lowest BCUT2D eigenvalue weighted by Crippen LogP contribution is -2.23. The van der Waals surface area contributed by atoms with Gasteiger partial charge in [0.2, 0.25) is 0 Å². The third-order valence-electron chi connectivity index (χ3n) is 3.76. The fourth-order valence-electron chi connectivity index (χ4n) is 2.57. The van der Waals surface area contributed by atoms with Gasteiger partial charge >= 0.3 is 5.97 Å². The standard InChI is InChI=1S/C17H14FIN2O4/c1-8-6-10-14(25-8)13(17(23)24-3)15(21(2)16(10)22)20-12-5-4-9(19)7-11(12)18/h4-7,20H,1-3H3. The van der Waals surface area contributed by atoms with Gasteiger partial charge in [0.1, 0.15) is 23.0 Å². The summed E-state index contributed by atoms with van der Waals surface area (Å²) in [5.74, 6) is -0.622. The molecular weight excluding hydrogens is 442 g/mol. The summed E-state index contributed by atoms with van der Waals surface area (Å²) in [6, 6.07) is 6.13. The Hall–Kier alpha value is -2.36. The summed E-state index contributed by atoms with van der Waals surface area (Å²) in [6.45, 7) is 1.67. The number of anilines is 2. The maximum absolute atomic E-state index is 14.2. The molecule has 0 spiro atoms. The van der Waals surface area contributed by atoms with Crippen LogP contribution in [0.25, 0.3) is 11.0 Å². The molecule has 1 N–H and O–H groups in total. The van der Waals surface area contributed by atoms with E-state index in [9.17, 15) is 14.0 Å². The second kappa shape index (κ2) is 6.51. The Labute approximate surface area is 155 Å². The van der Waals surface area contributed by atoms with Crippen LogP contribution in [0.2, 0.25) is 0 Å². The molecule has 0 saturated heterocycles. The molecule has 8 heteroatoms. The number of aromatic nitrogens is 1. The van der Waals surface area contributed by atoms with Crippen molar-refractivity contribution in [1.82, 2.24) is 4.57 Å². The van der Waals surface area contributed by atoms with Gasteiger partial charge in [-0.15, -0.1) is 0 Å². The number of halogens is 2. The summed E-state index contributed by atoms with van der Waals surface area (Å²) in [7, 11) is 2.72. The zero-order chi connectivity index (χ0) is 18.3. The van der Waals surface area contributed by atoms with Gasteiger partial charge in [-0.25, -0.2) is 9.18 Å². The minimum Gasteiger partial charge on any atom is -0.465 e. The average molecular weight is 456 g/mol. The number of aryl methyl sites for hydroxylation is 1. The predicted octanol–water partition coefficient (Wildman–Crippen LogP) is 3.71. The zero-order valence-corrected chi connectivity index (χ0v) is 15.8. The molecule has 0 radical (unpaired) electrons. The maximum atomic E-state index is 14.2. The molecule has 0 unspecified atom stereocenters. The number of carbonyl (C=O) groups excluding carboxylic acids is 1. The van der Waals surface area contributed by atoms with Crippen molar-refractivity contribution < 1.29 is 18.3 Å². The minimum atomic E-state index is -0.691. The first-order chi connectivity index (χ1) is 11.8. The topological polar surface area (TPSA) is 73.5 Å². The van der Waals surface area contributed by atoms with Crippen LogP contribution in [-0.2, 0) is 11.8 Å². The number of benzene rings is 1. The normalized spacial score (nSPS) is 10.9. The Kier molecular flexibility index (Phi) is 4.55. The number of hydrogen-bond donors (Lipinski definition) is 1. The van der Waals surface area contributed by atoms with E-state index < -0.39 is 11.8 Å². The fraction of sp³-hybridized carbons (Fsp3) is 0.176. The van der Waals surface area contributed by atoms with Crippen molar-refractivity contribution in [1.29, 1.82) is 0 Å². The summed E-state index contributed by atoms with van der Waals surface area (Å²) in [4.78, 5) is 24.9. The largest absolute Gasteiger partial charge is 0.465 e. The number of nitrogens with zero attached hydrogens (tertiary/aromatic N) is 1. The molecule has 1 aromatic carbocycles.